The van der Waals surface area contributed by atoms with Crippen LogP contribution >= 0.6 is 0 Å². The van der Waals surface area contributed by atoms with Gasteiger partial charge in [-0.05, 0) is 45.0 Å². The maximum Gasteiger partial charge on any atom is 0.241 e. The predicted molar refractivity (Wildman–Crippen MR) is 87.3 cm³/mol. The molecule has 0 unspecified atom stereocenters. The number of amides is 1. The number of hydrogen-bond acceptors (Lipinski definition) is 6. The molecule has 1 heterocycles. The number of benzene rings is 1. The predicted octanol–water partition coefficient (Wildman–Crippen LogP) is 1.69. The summed E-state index contributed by atoms with van der Waals surface area (Å²) in [6, 6.07) is 7.48. The van der Waals surface area contributed by atoms with Crippen molar-refractivity contribution in [1.29, 1.82) is 0 Å². The minimum atomic E-state index is -3.80. The van der Waals surface area contributed by atoms with E-state index in [9.17, 15) is 13.2 Å². The van der Waals surface area contributed by atoms with Gasteiger partial charge in [0.2, 0.25) is 15.9 Å². The molecule has 130 valence electrons. The van der Waals surface area contributed by atoms with E-state index in [2.05, 4.69) is 15.2 Å². The monoisotopic (exact) mass is 353 g/mol. The van der Waals surface area contributed by atoms with E-state index >= 15 is 0 Å². The van der Waals surface area contributed by atoms with Gasteiger partial charge in [-0.3, -0.25) is 4.79 Å². The van der Waals surface area contributed by atoms with Crippen LogP contribution in [0, 0.1) is 6.92 Å². The summed E-state index contributed by atoms with van der Waals surface area (Å²) >= 11 is 0. The van der Waals surface area contributed by atoms with Crippen molar-refractivity contribution in [2.75, 3.05) is 11.9 Å². The first-order chi connectivity index (χ1) is 11.3. The normalized spacial score (nSPS) is 11.5. The zero-order chi connectivity index (χ0) is 17.7. The lowest BCUT2D eigenvalue weighted by Crippen LogP contribution is -2.32. The van der Waals surface area contributed by atoms with Crippen molar-refractivity contribution in [2.45, 2.75) is 31.8 Å². The highest BCUT2D eigenvalue weighted by atomic mass is 32.2. The van der Waals surface area contributed by atoms with Crippen LogP contribution in [0.5, 0.6) is 5.75 Å². The summed E-state index contributed by atoms with van der Waals surface area (Å²) in [4.78, 5) is 11.8. The third-order valence-corrected chi connectivity index (χ3v) is 4.24. The molecule has 0 radical (unpaired) electrons. The fourth-order valence-electron chi connectivity index (χ4n) is 1.83. The second-order valence-corrected chi connectivity index (χ2v) is 7.10. The number of aromatic nitrogens is 1. The van der Waals surface area contributed by atoms with Crippen LogP contribution in [0.25, 0.3) is 0 Å². The Morgan fingerprint density at radius 1 is 1.29 bits per heavy atom. The molecule has 0 saturated carbocycles. The quantitative estimate of drug-likeness (QED) is 0.784. The van der Waals surface area contributed by atoms with Gasteiger partial charge >= 0.3 is 0 Å². The van der Waals surface area contributed by atoms with Crippen molar-refractivity contribution >= 4 is 21.7 Å². The Hall–Kier alpha value is -2.39. The Labute approximate surface area is 140 Å². The standard InChI is InChI=1S/C15H19N3O5S/c1-10(2)22-12-4-6-13(7-5-12)24(20,21)16-9-15(19)17-14-8-11(3)23-18-14/h4-8,10,16H,9H2,1-3H3,(H,17,18,19). The van der Waals surface area contributed by atoms with Gasteiger partial charge in [0.05, 0.1) is 17.5 Å². The van der Waals surface area contributed by atoms with Gasteiger partial charge in [0, 0.05) is 6.07 Å². The second-order valence-electron chi connectivity index (χ2n) is 5.33. The molecule has 0 bridgehead atoms. The highest BCUT2D eigenvalue weighted by Gasteiger charge is 2.16. The number of rotatable bonds is 7. The van der Waals surface area contributed by atoms with Crippen molar-refractivity contribution in [3.63, 3.8) is 0 Å². The number of nitrogens with zero attached hydrogens (tertiary/aromatic N) is 1. The van der Waals surface area contributed by atoms with Crippen molar-refractivity contribution in [3.8, 4) is 5.75 Å². The van der Waals surface area contributed by atoms with Crippen LogP contribution in [-0.4, -0.2) is 32.1 Å². The fraction of sp³-hybridized carbons (Fsp3) is 0.333. The Kier molecular flexibility index (Phi) is 5.58. The van der Waals surface area contributed by atoms with Gasteiger partial charge in [0.1, 0.15) is 11.5 Å². The Morgan fingerprint density at radius 2 is 1.96 bits per heavy atom. The fourth-order valence-corrected chi connectivity index (χ4v) is 2.81. The molecular formula is C15H19N3O5S. The molecule has 1 amide bonds. The lowest BCUT2D eigenvalue weighted by atomic mass is 10.3. The first kappa shape index (κ1) is 18.0. The average molecular weight is 353 g/mol. The Morgan fingerprint density at radius 3 is 2.50 bits per heavy atom. The van der Waals surface area contributed by atoms with Crippen LogP contribution in [0.2, 0.25) is 0 Å². The van der Waals surface area contributed by atoms with Crippen molar-refractivity contribution in [1.82, 2.24) is 9.88 Å². The van der Waals surface area contributed by atoms with E-state index in [0.29, 0.717) is 11.5 Å². The zero-order valence-electron chi connectivity index (χ0n) is 13.6. The number of sulfonamides is 1. The number of anilines is 1. The summed E-state index contributed by atoms with van der Waals surface area (Å²) in [6.07, 6.45) is -0.00514. The van der Waals surface area contributed by atoms with Crippen LogP contribution in [0.15, 0.2) is 39.8 Å². The molecule has 0 saturated heterocycles. The van der Waals surface area contributed by atoms with Gasteiger partial charge in [0.25, 0.3) is 0 Å². The minimum absolute atomic E-state index is 0.00514. The van der Waals surface area contributed by atoms with E-state index in [0.717, 1.165) is 0 Å². The Bertz CT molecular complexity index is 797. The maximum atomic E-state index is 12.2. The molecule has 1 aromatic heterocycles. The van der Waals surface area contributed by atoms with E-state index in [1.807, 2.05) is 13.8 Å². The van der Waals surface area contributed by atoms with Crippen molar-refractivity contribution in [2.24, 2.45) is 0 Å². The van der Waals surface area contributed by atoms with E-state index in [4.69, 9.17) is 9.26 Å². The van der Waals surface area contributed by atoms with Crippen LogP contribution in [0.1, 0.15) is 19.6 Å². The third-order valence-electron chi connectivity index (χ3n) is 2.82. The highest BCUT2D eigenvalue weighted by molar-refractivity contribution is 7.89. The molecule has 2 N–H and O–H groups in total. The zero-order valence-corrected chi connectivity index (χ0v) is 14.4. The van der Waals surface area contributed by atoms with Gasteiger partial charge < -0.3 is 14.6 Å². The number of carbonyl (C=O) groups excluding carboxylic acids is 1. The smallest absolute Gasteiger partial charge is 0.241 e. The van der Waals surface area contributed by atoms with Crippen LogP contribution in [0.4, 0.5) is 5.82 Å². The summed E-state index contributed by atoms with van der Waals surface area (Å²) in [5.74, 6) is 0.788. The lowest BCUT2D eigenvalue weighted by molar-refractivity contribution is -0.115. The van der Waals surface area contributed by atoms with Crippen LogP contribution < -0.4 is 14.8 Å². The number of nitrogens with one attached hydrogen (secondary N) is 2. The molecular weight excluding hydrogens is 334 g/mol. The van der Waals surface area contributed by atoms with Crippen LogP contribution in [-0.2, 0) is 14.8 Å². The third kappa shape index (κ3) is 5.07. The van der Waals surface area contributed by atoms with Gasteiger partial charge in [-0.2, -0.15) is 0 Å². The molecule has 2 aromatic rings. The van der Waals surface area contributed by atoms with Crippen LogP contribution in [0.3, 0.4) is 0 Å². The minimum Gasteiger partial charge on any atom is -0.491 e. The molecule has 0 aliphatic rings. The molecule has 0 spiro atoms. The molecule has 24 heavy (non-hydrogen) atoms. The maximum absolute atomic E-state index is 12.2. The molecule has 0 aliphatic heterocycles. The molecule has 0 aliphatic carbocycles. The molecule has 0 fully saturated rings. The highest BCUT2D eigenvalue weighted by Crippen LogP contribution is 2.17. The average Bonchev–Trinajstić information content (AvgIpc) is 2.90. The van der Waals surface area contributed by atoms with E-state index < -0.39 is 22.5 Å². The number of carbonyl (C=O) groups is 1. The van der Waals surface area contributed by atoms with E-state index in [1.54, 1.807) is 19.1 Å². The summed E-state index contributed by atoms with van der Waals surface area (Å²) in [6.45, 7) is 5.01. The Balaban J connectivity index is 1.94. The number of hydrogen-bond donors (Lipinski definition) is 2. The SMILES string of the molecule is Cc1cc(NC(=O)CNS(=O)(=O)c2ccc(OC(C)C)cc2)no1. The number of ether oxygens (including phenoxy) is 1. The summed E-state index contributed by atoms with van der Waals surface area (Å²) in [7, 11) is -3.80. The van der Waals surface area contributed by atoms with Gasteiger partial charge in [0.15, 0.2) is 5.82 Å². The lowest BCUT2D eigenvalue weighted by Gasteiger charge is -2.10. The molecule has 0 atom stereocenters. The molecule has 2 rings (SSSR count). The first-order valence-corrected chi connectivity index (χ1v) is 8.74. The molecule has 9 heteroatoms. The van der Waals surface area contributed by atoms with E-state index in [1.165, 1.54) is 18.2 Å². The van der Waals surface area contributed by atoms with Crippen molar-refractivity contribution in [3.05, 3.63) is 36.1 Å². The molecule has 8 nitrogen and oxygen atoms in total. The largest absolute Gasteiger partial charge is 0.491 e. The topological polar surface area (TPSA) is 111 Å². The van der Waals surface area contributed by atoms with Gasteiger partial charge in [-0.25, -0.2) is 13.1 Å². The van der Waals surface area contributed by atoms with Gasteiger partial charge in [-0.15, -0.1) is 0 Å². The summed E-state index contributed by atoms with van der Waals surface area (Å²) < 4.78 is 36.8. The molecule has 1 aromatic carbocycles. The van der Waals surface area contributed by atoms with Gasteiger partial charge in [-0.1, -0.05) is 5.16 Å². The van der Waals surface area contributed by atoms with E-state index in [-0.39, 0.29) is 16.8 Å². The first-order valence-electron chi connectivity index (χ1n) is 7.26. The summed E-state index contributed by atoms with van der Waals surface area (Å²) in [5.41, 5.74) is 0. The number of aryl methyl sites for hydroxylation is 1. The summed E-state index contributed by atoms with van der Waals surface area (Å²) in [5, 5.41) is 6.02. The van der Waals surface area contributed by atoms with Crippen molar-refractivity contribution < 1.29 is 22.5 Å². The second kappa shape index (κ2) is 7.45.